The summed E-state index contributed by atoms with van der Waals surface area (Å²) in [6.07, 6.45) is 1.16. The number of rotatable bonds is 7. The molecule has 0 radical (unpaired) electrons. The molecule has 1 unspecified atom stereocenters. The molecule has 1 aliphatic heterocycles. The van der Waals surface area contributed by atoms with E-state index in [1.807, 2.05) is 30.3 Å². The highest BCUT2D eigenvalue weighted by atomic mass is 35.5. The Bertz CT molecular complexity index is 739. The van der Waals surface area contributed by atoms with Crippen molar-refractivity contribution in [1.82, 2.24) is 4.90 Å². The maximum absolute atomic E-state index is 5.93. The van der Waals surface area contributed by atoms with Crippen molar-refractivity contribution in [3.63, 3.8) is 0 Å². The molecular weight excluding hydrogens is 383 g/mol. The van der Waals surface area contributed by atoms with Gasteiger partial charge in [0, 0.05) is 18.1 Å². The minimum atomic E-state index is 0. The zero-order chi connectivity index (χ0) is 18.6. The summed E-state index contributed by atoms with van der Waals surface area (Å²) in [5.74, 6) is 1.51. The Kier molecular flexibility index (Phi) is 7.80. The summed E-state index contributed by atoms with van der Waals surface area (Å²) in [6.45, 7) is 6.52. The number of benzene rings is 2. The number of ether oxygens (including phenoxy) is 2. The molecule has 3 rings (SSSR count). The lowest BCUT2D eigenvalue weighted by Crippen LogP contribution is -2.31. The molecular formula is C21H28Cl2N2O2. The van der Waals surface area contributed by atoms with Crippen LogP contribution in [0, 0.1) is 5.41 Å². The second-order valence-electron chi connectivity index (χ2n) is 7.38. The fraction of sp³-hybridized carbons (Fsp3) is 0.429. The van der Waals surface area contributed by atoms with Crippen LogP contribution in [0.4, 0.5) is 0 Å². The topological polar surface area (TPSA) is 47.7 Å². The highest BCUT2D eigenvalue weighted by Crippen LogP contribution is 2.32. The first kappa shape index (κ1) is 21.8. The quantitative estimate of drug-likeness (QED) is 0.728. The summed E-state index contributed by atoms with van der Waals surface area (Å²) in [6, 6.07) is 13.8. The van der Waals surface area contributed by atoms with Crippen LogP contribution >= 0.6 is 24.0 Å². The van der Waals surface area contributed by atoms with Gasteiger partial charge in [-0.1, -0.05) is 36.7 Å². The molecule has 1 heterocycles. The van der Waals surface area contributed by atoms with Crippen LogP contribution in [-0.4, -0.2) is 31.6 Å². The maximum atomic E-state index is 5.93. The van der Waals surface area contributed by atoms with Crippen molar-refractivity contribution in [3.8, 4) is 11.5 Å². The number of nitrogens with two attached hydrogens (primary N) is 1. The number of hydrogen-bond donors (Lipinski definition) is 1. The van der Waals surface area contributed by atoms with E-state index >= 15 is 0 Å². The summed E-state index contributed by atoms with van der Waals surface area (Å²) in [5, 5.41) is 0.725. The number of halogens is 2. The highest BCUT2D eigenvalue weighted by molar-refractivity contribution is 6.30. The number of likely N-dealkylation sites (tertiary alicyclic amines) is 1. The highest BCUT2D eigenvalue weighted by Gasteiger charge is 2.32. The molecule has 1 saturated heterocycles. The third-order valence-electron chi connectivity index (χ3n) is 5.07. The first-order chi connectivity index (χ1) is 12.5. The van der Waals surface area contributed by atoms with E-state index in [1.54, 1.807) is 7.11 Å². The molecule has 0 aliphatic carbocycles. The molecule has 27 heavy (non-hydrogen) atoms. The predicted octanol–water partition coefficient (Wildman–Crippen LogP) is 4.52. The van der Waals surface area contributed by atoms with Crippen LogP contribution in [0.25, 0.3) is 0 Å². The van der Waals surface area contributed by atoms with Gasteiger partial charge in [-0.25, -0.2) is 0 Å². The Morgan fingerprint density at radius 1 is 1.11 bits per heavy atom. The zero-order valence-corrected chi connectivity index (χ0v) is 17.5. The molecule has 0 amide bonds. The molecule has 6 heteroatoms. The number of hydrogen-bond acceptors (Lipinski definition) is 4. The first-order valence-corrected chi connectivity index (χ1v) is 9.36. The van der Waals surface area contributed by atoms with Gasteiger partial charge in [0.15, 0.2) is 11.5 Å². The summed E-state index contributed by atoms with van der Waals surface area (Å²) < 4.78 is 11.5. The third-order valence-corrected chi connectivity index (χ3v) is 5.32. The third kappa shape index (κ3) is 5.76. The molecule has 148 valence electrons. The summed E-state index contributed by atoms with van der Waals surface area (Å²) in [7, 11) is 1.68. The SMILES string of the molecule is COc1cc(CN2CCC(C)(CN)C2)ccc1OCc1ccc(Cl)cc1.Cl. The van der Waals surface area contributed by atoms with Gasteiger partial charge in [0.25, 0.3) is 0 Å². The van der Waals surface area contributed by atoms with E-state index in [4.69, 9.17) is 26.8 Å². The Labute approximate surface area is 173 Å². The molecule has 0 bridgehead atoms. The van der Waals surface area contributed by atoms with Gasteiger partial charge in [0.1, 0.15) is 6.61 Å². The first-order valence-electron chi connectivity index (χ1n) is 8.98. The lowest BCUT2D eigenvalue weighted by atomic mass is 9.90. The van der Waals surface area contributed by atoms with E-state index in [1.165, 1.54) is 5.56 Å². The normalized spacial score (nSPS) is 19.6. The van der Waals surface area contributed by atoms with Crippen LogP contribution < -0.4 is 15.2 Å². The molecule has 0 spiro atoms. The van der Waals surface area contributed by atoms with Crippen molar-refractivity contribution < 1.29 is 9.47 Å². The molecule has 1 fully saturated rings. The van der Waals surface area contributed by atoms with Gasteiger partial charge < -0.3 is 15.2 Å². The predicted molar refractivity (Wildman–Crippen MR) is 113 cm³/mol. The minimum Gasteiger partial charge on any atom is -0.493 e. The van der Waals surface area contributed by atoms with Crippen molar-refractivity contribution in [2.45, 2.75) is 26.5 Å². The summed E-state index contributed by atoms with van der Waals surface area (Å²) >= 11 is 5.92. The largest absolute Gasteiger partial charge is 0.493 e. The average Bonchev–Trinajstić information content (AvgIpc) is 3.03. The van der Waals surface area contributed by atoms with E-state index in [0.29, 0.717) is 6.61 Å². The van der Waals surface area contributed by atoms with Crippen molar-refractivity contribution in [2.75, 3.05) is 26.7 Å². The number of methoxy groups -OCH3 is 1. The molecule has 0 saturated carbocycles. The van der Waals surface area contributed by atoms with Gasteiger partial charge in [0.05, 0.1) is 7.11 Å². The second kappa shape index (κ2) is 9.65. The van der Waals surface area contributed by atoms with Crippen LogP contribution in [0.5, 0.6) is 11.5 Å². The van der Waals surface area contributed by atoms with Crippen molar-refractivity contribution in [3.05, 3.63) is 58.6 Å². The van der Waals surface area contributed by atoms with E-state index < -0.39 is 0 Å². The zero-order valence-electron chi connectivity index (χ0n) is 15.9. The van der Waals surface area contributed by atoms with Crippen LogP contribution in [0.1, 0.15) is 24.5 Å². The van der Waals surface area contributed by atoms with Gasteiger partial charge in [-0.2, -0.15) is 0 Å². The fourth-order valence-electron chi connectivity index (χ4n) is 3.36. The van der Waals surface area contributed by atoms with Gasteiger partial charge in [-0.3, -0.25) is 4.90 Å². The van der Waals surface area contributed by atoms with Gasteiger partial charge >= 0.3 is 0 Å². The van der Waals surface area contributed by atoms with Crippen LogP contribution in [0.15, 0.2) is 42.5 Å². The Morgan fingerprint density at radius 3 is 2.44 bits per heavy atom. The molecule has 0 aromatic heterocycles. The fourth-order valence-corrected chi connectivity index (χ4v) is 3.48. The van der Waals surface area contributed by atoms with E-state index in [2.05, 4.69) is 24.0 Å². The van der Waals surface area contributed by atoms with Gasteiger partial charge in [0.2, 0.25) is 0 Å². The monoisotopic (exact) mass is 410 g/mol. The van der Waals surface area contributed by atoms with E-state index in [0.717, 1.165) is 54.7 Å². The average molecular weight is 411 g/mol. The smallest absolute Gasteiger partial charge is 0.161 e. The van der Waals surface area contributed by atoms with Crippen LogP contribution in [0.2, 0.25) is 5.02 Å². The number of nitrogens with zero attached hydrogens (tertiary/aromatic N) is 1. The van der Waals surface area contributed by atoms with E-state index in [9.17, 15) is 0 Å². The lowest BCUT2D eigenvalue weighted by Gasteiger charge is -2.23. The molecule has 2 aromatic rings. The van der Waals surface area contributed by atoms with Crippen LogP contribution in [0.3, 0.4) is 0 Å². The molecule has 2 N–H and O–H groups in total. The second-order valence-corrected chi connectivity index (χ2v) is 7.81. The van der Waals surface area contributed by atoms with Crippen molar-refractivity contribution in [2.24, 2.45) is 11.1 Å². The van der Waals surface area contributed by atoms with Crippen LogP contribution in [-0.2, 0) is 13.2 Å². The lowest BCUT2D eigenvalue weighted by molar-refractivity contribution is 0.271. The Balaban J connectivity index is 0.00000261. The molecule has 4 nitrogen and oxygen atoms in total. The minimum absolute atomic E-state index is 0. The standard InChI is InChI=1S/C21H27ClN2O2.ClH/c1-21(14-23)9-10-24(15-21)12-17-5-8-19(20(11-17)25-2)26-13-16-3-6-18(22)7-4-16;/h3-8,11H,9-10,12-15,23H2,1-2H3;1H. The maximum Gasteiger partial charge on any atom is 0.161 e. The Hall–Kier alpha value is -1.46. The molecule has 1 aliphatic rings. The summed E-state index contributed by atoms with van der Waals surface area (Å²) in [5.41, 5.74) is 8.44. The van der Waals surface area contributed by atoms with E-state index in [-0.39, 0.29) is 17.8 Å². The molecule has 1 atom stereocenters. The van der Waals surface area contributed by atoms with Gasteiger partial charge in [-0.15, -0.1) is 12.4 Å². The Morgan fingerprint density at radius 2 is 1.81 bits per heavy atom. The van der Waals surface area contributed by atoms with Crippen molar-refractivity contribution in [1.29, 1.82) is 0 Å². The van der Waals surface area contributed by atoms with Crippen molar-refractivity contribution >= 4 is 24.0 Å². The molecule has 2 aromatic carbocycles. The summed E-state index contributed by atoms with van der Waals surface area (Å²) in [4.78, 5) is 2.45. The van der Waals surface area contributed by atoms with Gasteiger partial charge in [-0.05, 0) is 60.3 Å².